The van der Waals surface area contributed by atoms with Gasteiger partial charge in [-0.2, -0.15) is 0 Å². The monoisotopic (exact) mass is 317 g/mol. The number of hydrogen-bond donors (Lipinski definition) is 1. The molecule has 1 aliphatic heterocycles. The molecular formula is C15H12BrNO2. The van der Waals surface area contributed by atoms with Gasteiger partial charge in [-0.25, -0.2) is 0 Å². The Bertz CT molecular complexity index is 623. The molecule has 96 valence electrons. The van der Waals surface area contributed by atoms with E-state index in [1.165, 1.54) is 0 Å². The lowest BCUT2D eigenvalue weighted by Gasteiger charge is -2.09. The Balaban J connectivity index is 1.84. The van der Waals surface area contributed by atoms with Gasteiger partial charge in [0.1, 0.15) is 5.75 Å². The molecule has 0 aliphatic carbocycles. The van der Waals surface area contributed by atoms with Crippen molar-refractivity contribution in [3.8, 4) is 5.75 Å². The van der Waals surface area contributed by atoms with E-state index in [1.54, 1.807) is 12.1 Å². The van der Waals surface area contributed by atoms with Crippen LogP contribution in [0.25, 0.3) is 0 Å². The fraction of sp³-hybridized carbons (Fsp3) is 0.133. The number of carbonyl (C=O) groups is 1. The Labute approximate surface area is 119 Å². The molecule has 0 radical (unpaired) electrons. The minimum atomic E-state index is -0.128. The molecule has 0 saturated carbocycles. The average molecular weight is 318 g/mol. The maximum absolute atomic E-state index is 12.1. The Kier molecular flexibility index (Phi) is 3.25. The summed E-state index contributed by atoms with van der Waals surface area (Å²) in [6, 6.07) is 13.1. The van der Waals surface area contributed by atoms with Crippen molar-refractivity contribution in [2.45, 2.75) is 6.42 Å². The summed E-state index contributed by atoms with van der Waals surface area (Å²) in [5.41, 5.74) is 2.51. The van der Waals surface area contributed by atoms with E-state index in [4.69, 9.17) is 4.74 Å². The molecule has 3 nitrogen and oxygen atoms in total. The molecule has 1 heterocycles. The predicted molar refractivity (Wildman–Crippen MR) is 77.7 cm³/mol. The summed E-state index contributed by atoms with van der Waals surface area (Å²) in [5.74, 6) is 0.671. The number of hydrogen-bond acceptors (Lipinski definition) is 2. The quantitative estimate of drug-likeness (QED) is 0.918. The molecule has 0 atom stereocenters. The molecule has 3 rings (SSSR count). The van der Waals surface area contributed by atoms with E-state index in [-0.39, 0.29) is 5.91 Å². The fourth-order valence-corrected chi connectivity index (χ4v) is 2.37. The predicted octanol–water partition coefficient (Wildman–Crippen LogP) is 3.64. The standard InChI is InChI=1S/C15H12BrNO2/c16-12-6-4-11(5-7-12)15(18)17-13-3-1-2-10-8-9-19-14(10)13/h1-7H,8-9H2,(H,17,18). The number of nitrogens with one attached hydrogen (secondary N) is 1. The number of carbonyl (C=O) groups excluding carboxylic acids is 1. The highest BCUT2D eigenvalue weighted by Gasteiger charge is 2.17. The van der Waals surface area contributed by atoms with Crippen molar-refractivity contribution in [3.05, 3.63) is 58.1 Å². The number of amides is 1. The van der Waals surface area contributed by atoms with E-state index in [0.717, 1.165) is 27.9 Å². The van der Waals surface area contributed by atoms with Gasteiger partial charge in [-0.05, 0) is 35.9 Å². The average Bonchev–Trinajstić information content (AvgIpc) is 2.89. The van der Waals surface area contributed by atoms with E-state index in [2.05, 4.69) is 21.2 Å². The zero-order valence-electron chi connectivity index (χ0n) is 10.2. The SMILES string of the molecule is O=C(Nc1cccc2c1OCC2)c1ccc(Br)cc1. The smallest absolute Gasteiger partial charge is 0.255 e. The van der Waals surface area contributed by atoms with Gasteiger partial charge in [0, 0.05) is 16.5 Å². The van der Waals surface area contributed by atoms with Crippen LogP contribution in [0.15, 0.2) is 46.9 Å². The lowest BCUT2D eigenvalue weighted by atomic mass is 10.1. The van der Waals surface area contributed by atoms with Gasteiger partial charge in [-0.1, -0.05) is 28.1 Å². The van der Waals surface area contributed by atoms with Crippen LogP contribution in [0.3, 0.4) is 0 Å². The third kappa shape index (κ3) is 2.49. The summed E-state index contributed by atoms with van der Waals surface area (Å²) in [6.07, 6.45) is 0.900. The maximum atomic E-state index is 12.1. The van der Waals surface area contributed by atoms with E-state index in [9.17, 15) is 4.79 Å². The van der Waals surface area contributed by atoms with Gasteiger partial charge in [0.05, 0.1) is 12.3 Å². The summed E-state index contributed by atoms with van der Waals surface area (Å²) in [7, 11) is 0. The first-order chi connectivity index (χ1) is 9.24. The van der Waals surface area contributed by atoms with Crippen molar-refractivity contribution in [2.24, 2.45) is 0 Å². The second-order valence-corrected chi connectivity index (χ2v) is 5.27. The molecule has 0 saturated heterocycles. The Morgan fingerprint density at radius 2 is 1.95 bits per heavy atom. The topological polar surface area (TPSA) is 38.3 Å². The zero-order valence-corrected chi connectivity index (χ0v) is 11.7. The summed E-state index contributed by atoms with van der Waals surface area (Å²) in [4.78, 5) is 12.1. The van der Waals surface area contributed by atoms with Gasteiger partial charge in [-0.15, -0.1) is 0 Å². The van der Waals surface area contributed by atoms with Crippen molar-refractivity contribution in [3.63, 3.8) is 0 Å². The molecule has 1 aliphatic rings. The number of anilines is 1. The van der Waals surface area contributed by atoms with Gasteiger partial charge < -0.3 is 10.1 Å². The first kappa shape index (κ1) is 12.2. The van der Waals surface area contributed by atoms with Crippen molar-refractivity contribution >= 4 is 27.5 Å². The highest BCUT2D eigenvalue weighted by atomic mass is 79.9. The number of rotatable bonds is 2. The highest BCUT2D eigenvalue weighted by molar-refractivity contribution is 9.10. The molecule has 2 aromatic rings. The van der Waals surface area contributed by atoms with E-state index in [0.29, 0.717) is 12.2 Å². The zero-order chi connectivity index (χ0) is 13.2. The summed E-state index contributed by atoms with van der Waals surface area (Å²) in [6.45, 7) is 0.681. The van der Waals surface area contributed by atoms with Crippen LogP contribution in [0.4, 0.5) is 5.69 Å². The molecule has 1 amide bonds. The van der Waals surface area contributed by atoms with Gasteiger partial charge in [0.15, 0.2) is 0 Å². The van der Waals surface area contributed by atoms with Crippen molar-refractivity contribution in [2.75, 3.05) is 11.9 Å². The first-order valence-corrected chi connectivity index (χ1v) is 6.85. The lowest BCUT2D eigenvalue weighted by molar-refractivity contribution is 0.102. The summed E-state index contributed by atoms with van der Waals surface area (Å²) in [5, 5.41) is 2.90. The van der Waals surface area contributed by atoms with Gasteiger partial charge >= 0.3 is 0 Å². The molecule has 0 unspecified atom stereocenters. The van der Waals surface area contributed by atoms with Crippen LogP contribution in [0.1, 0.15) is 15.9 Å². The third-order valence-corrected chi connectivity index (χ3v) is 3.60. The minimum Gasteiger partial charge on any atom is -0.491 e. The van der Waals surface area contributed by atoms with Crippen LogP contribution in [-0.4, -0.2) is 12.5 Å². The lowest BCUT2D eigenvalue weighted by Crippen LogP contribution is -2.12. The molecule has 2 aromatic carbocycles. The van der Waals surface area contributed by atoms with E-state index >= 15 is 0 Å². The van der Waals surface area contributed by atoms with Crippen molar-refractivity contribution in [1.29, 1.82) is 0 Å². The van der Waals surface area contributed by atoms with Crippen molar-refractivity contribution < 1.29 is 9.53 Å². The molecule has 0 bridgehead atoms. The highest BCUT2D eigenvalue weighted by Crippen LogP contribution is 2.33. The van der Waals surface area contributed by atoms with Crippen LogP contribution in [-0.2, 0) is 6.42 Å². The van der Waals surface area contributed by atoms with Crippen LogP contribution in [0.2, 0.25) is 0 Å². The third-order valence-electron chi connectivity index (χ3n) is 3.07. The molecule has 0 aromatic heterocycles. The Morgan fingerprint density at radius 1 is 1.16 bits per heavy atom. The van der Waals surface area contributed by atoms with E-state index in [1.807, 2.05) is 30.3 Å². The second-order valence-electron chi connectivity index (χ2n) is 4.35. The molecule has 4 heteroatoms. The van der Waals surface area contributed by atoms with Gasteiger partial charge in [0.2, 0.25) is 0 Å². The van der Waals surface area contributed by atoms with Crippen LogP contribution < -0.4 is 10.1 Å². The number of ether oxygens (including phenoxy) is 1. The Morgan fingerprint density at radius 3 is 2.74 bits per heavy atom. The summed E-state index contributed by atoms with van der Waals surface area (Å²) >= 11 is 3.35. The Hall–Kier alpha value is -1.81. The molecule has 1 N–H and O–H groups in total. The molecule has 0 fully saturated rings. The summed E-state index contributed by atoms with van der Waals surface area (Å²) < 4.78 is 6.52. The van der Waals surface area contributed by atoms with Crippen LogP contribution >= 0.6 is 15.9 Å². The second kappa shape index (κ2) is 5.05. The maximum Gasteiger partial charge on any atom is 0.255 e. The van der Waals surface area contributed by atoms with Gasteiger partial charge in [-0.3, -0.25) is 4.79 Å². The number of benzene rings is 2. The van der Waals surface area contributed by atoms with E-state index < -0.39 is 0 Å². The fourth-order valence-electron chi connectivity index (χ4n) is 2.11. The largest absolute Gasteiger partial charge is 0.491 e. The van der Waals surface area contributed by atoms with Crippen LogP contribution in [0, 0.1) is 0 Å². The number of para-hydroxylation sites is 1. The minimum absolute atomic E-state index is 0.128. The molecular weight excluding hydrogens is 306 g/mol. The molecule has 19 heavy (non-hydrogen) atoms. The number of halogens is 1. The molecule has 0 spiro atoms. The van der Waals surface area contributed by atoms with Gasteiger partial charge in [0.25, 0.3) is 5.91 Å². The van der Waals surface area contributed by atoms with Crippen molar-refractivity contribution in [1.82, 2.24) is 0 Å². The van der Waals surface area contributed by atoms with Crippen LogP contribution in [0.5, 0.6) is 5.75 Å². The normalized spacial score (nSPS) is 12.7. The first-order valence-electron chi connectivity index (χ1n) is 6.05. The number of fused-ring (bicyclic) bond motifs is 1.